The van der Waals surface area contributed by atoms with Gasteiger partial charge in [-0.1, -0.05) is 23.7 Å². The summed E-state index contributed by atoms with van der Waals surface area (Å²) in [4.78, 5) is 29.4. The highest BCUT2D eigenvalue weighted by molar-refractivity contribution is 6.30. The third-order valence-electron chi connectivity index (χ3n) is 5.28. The van der Waals surface area contributed by atoms with Gasteiger partial charge < -0.3 is 19.1 Å². The van der Waals surface area contributed by atoms with Crippen LogP contribution in [0.2, 0.25) is 5.02 Å². The third kappa shape index (κ3) is 4.22. The maximum absolute atomic E-state index is 12.9. The number of hydrogen-bond donors (Lipinski definition) is 0. The molecule has 1 unspecified atom stereocenters. The molecule has 1 amide bonds. The van der Waals surface area contributed by atoms with E-state index < -0.39 is 6.04 Å². The predicted octanol–water partition coefficient (Wildman–Crippen LogP) is 3.13. The number of benzene rings is 2. The molecule has 1 fully saturated rings. The molecule has 0 aliphatic carbocycles. The van der Waals surface area contributed by atoms with E-state index in [1.54, 1.807) is 42.2 Å². The van der Waals surface area contributed by atoms with Gasteiger partial charge in [-0.25, -0.2) is 4.79 Å². The van der Waals surface area contributed by atoms with Crippen molar-refractivity contribution in [2.75, 3.05) is 39.6 Å². The number of fused-ring (bicyclic) bond motifs is 1. The van der Waals surface area contributed by atoms with Crippen molar-refractivity contribution in [2.24, 2.45) is 0 Å². The summed E-state index contributed by atoms with van der Waals surface area (Å²) in [5.74, 6) is 0.878. The van der Waals surface area contributed by atoms with Crippen molar-refractivity contribution in [1.82, 2.24) is 9.80 Å². The molecule has 2 heterocycles. The molecule has 4 rings (SSSR count). The van der Waals surface area contributed by atoms with Crippen LogP contribution in [0.3, 0.4) is 0 Å². The van der Waals surface area contributed by atoms with Crippen LogP contribution in [-0.4, -0.2) is 61.3 Å². The van der Waals surface area contributed by atoms with Gasteiger partial charge in [-0.05, 0) is 42.8 Å². The second-order valence-corrected chi connectivity index (χ2v) is 7.54. The first kappa shape index (κ1) is 20.5. The van der Waals surface area contributed by atoms with E-state index in [-0.39, 0.29) is 18.7 Å². The van der Waals surface area contributed by atoms with Crippen molar-refractivity contribution >= 4 is 23.5 Å². The van der Waals surface area contributed by atoms with Crippen LogP contribution in [0.15, 0.2) is 42.5 Å². The summed E-state index contributed by atoms with van der Waals surface area (Å²) in [6.07, 6.45) is 0. The first-order valence-corrected chi connectivity index (χ1v) is 10.3. The van der Waals surface area contributed by atoms with E-state index in [4.69, 9.17) is 25.8 Å². The molecule has 2 aliphatic heterocycles. The van der Waals surface area contributed by atoms with E-state index in [0.717, 1.165) is 5.56 Å². The first-order chi connectivity index (χ1) is 14.6. The third-order valence-corrected chi connectivity index (χ3v) is 5.53. The molecule has 0 bridgehead atoms. The van der Waals surface area contributed by atoms with E-state index in [9.17, 15) is 9.59 Å². The summed E-state index contributed by atoms with van der Waals surface area (Å²) in [6.45, 7) is 4.41. The van der Waals surface area contributed by atoms with Gasteiger partial charge >= 0.3 is 5.97 Å². The molecular formula is C22H23ClN2O5. The van der Waals surface area contributed by atoms with Gasteiger partial charge in [-0.15, -0.1) is 0 Å². The lowest BCUT2D eigenvalue weighted by Crippen LogP contribution is -2.51. The number of piperazine rings is 1. The van der Waals surface area contributed by atoms with Crippen LogP contribution < -0.4 is 9.47 Å². The normalized spacial score (nSPS) is 16.9. The van der Waals surface area contributed by atoms with Crippen LogP contribution in [-0.2, 0) is 9.53 Å². The molecule has 30 heavy (non-hydrogen) atoms. The average Bonchev–Trinajstić information content (AvgIpc) is 3.23. The van der Waals surface area contributed by atoms with Gasteiger partial charge in [0.15, 0.2) is 11.5 Å². The minimum Gasteiger partial charge on any atom is -0.465 e. The number of hydrogen-bond acceptors (Lipinski definition) is 6. The molecule has 0 aromatic heterocycles. The maximum atomic E-state index is 12.9. The molecule has 0 saturated carbocycles. The summed E-state index contributed by atoms with van der Waals surface area (Å²) in [6, 6.07) is 11.9. The van der Waals surface area contributed by atoms with E-state index in [1.165, 1.54) is 0 Å². The zero-order valence-electron chi connectivity index (χ0n) is 16.7. The topological polar surface area (TPSA) is 68.3 Å². The Morgan fingerprint density at radius 1 is 1.03 bits per heavy atom. The van der Waals surface area contributed by atoms with Crippen molar-refractivity contribution in [2.45, 2.75) is 13.0 Å². The Kier molecular flexibility index (Phi) is 6.11. The standard InChI is InChI=1S/C22H23ClN2O5/c1-2-28-22(27)20(15-3-6-17(23)7-4-15)24-9-11-25(12-10-24)21(26)16-5-8-18-19(13-16)30-14-29-18/h3-8,13,20H,2,9-12,14H2,1H3. The molecular weight excluding hydrogens is 408 g/mol. The summed E-state index contributed by atoms with van der Waals surface area (Å²) in [5, 5.41) is 0.612. The molecule has 7 nitrogen and oxygen atoms in total. The Morgan fingerprint density at radius 3 is 2.43 bits per heavy atom. The predicted molar refractivity (Wildman–Crippen MR) is 111 cm³/mol. The highest BCUT2D eigenvalue weighted by atomic mass is 35.5. The first-order valence-electron chi connectivity index (χ1n) is 9.92. The van der Waals surface area contributed by atoms with Crippen LogP contribution in [0.1, 0.15) is 28.9 Å². The van der Waals surface area contributed by atoms with Gasteiger partial charge in [0.2, 0.25) is 6.79 Å². The van der Waals surface area contributed by atoms with E-state index in [0.29, 0.717) is 54.9 Å². The smallest absolute Gasteiger partial charge is 0.328 e. The number of carbonyl (C=O) groups excluding carboxylic acids is 2. The zero-order chi connectivity index (χ0) is 21.1. The minimum atomic E-state index is -0.523. The molecule has 2 aromatic rings. The molecule has 0 radical (unpaired) electrons. The second-order valence-electron chi connectivity index (χ2n) is 7.10. The largest absolute Gasteiger partial charge is 0.465 e. The van der Waals surface area contributed by atoms with Gasteiger partial charge in [0, 0.05) is 36.8 Å². The molecule has 2 aromatic carbocycles. The van der Waals surface area contributed by atoms with Gasteiger partial charge in [-0.3, -0.25) is 9.69 Å². The fraction of sp³-hybridized carbons (Fsp3) is 0.364. The molecule has 2 aliphatic rings. The van der Waals surface area contributed by atoms with Gasteiger partial charge in [0.25, 0.3) is 5.91 Å². The summed E-state index contributed by atoms with van der Waals surface area (Å²) in [7, 11) is 0. The minimum absolute atomic E-state index is 0.0628. The van der Waals surface area contributed by atoms with Crippen LogP contribution >= 0.6 is 11.6 Å². The van der Waals surface area contributed by atoms with E-state index in [2.05, 4.69) is 0 Å². The van der Waals surface area contributed by atoms with Crippen LogP contribution in [0.4, 0.5) is 0 Å². The van der Waals surface area contributed by atoms with E-state index in [1.807, 2.05) is 17.0 Å². The number of nitrogens with zero attached hydrogens (tertiary/aromatic N) is 2. The van der Waals surface area contributed by atoms with Crippen molar-refractivity contribution in [3.63, 3.8) is 0 Å². The molecule has 0 N–H and O–H groups in total. The highest BCUT2D eigenvalue weighted by Gasteiger charge is 2.33. The van der Waals surface area contributed by atoms with Crippen LogP contribution in [0, 0.1) is 0 Å². The van der Waals surface area contributed by atoms with Crippen molar-refractivity contribution in [1.29, 1.82) is 0 Å². The lowest BCUT2D eigenvalue weighted by atomic mass is 10.0. The second kappa shape index (κ2) is 8.93. The van der Waals surface area contributed by atoms with Crippen LogP contribution in [0.5, 0.6) is 11.5 Å². The highest BCUT2D eigenvalue weighted by Crippen LogP contribution is 2.33. The number of esters is 1. The fourth-order valence-corrected chi connectivity index (χ4v) is 3.88. The number of carbonyl (C=O) groups is 2. The zero-order valence-corrected chi connectivity index (χ0v) is 17.4. The molecule has 1 atom stereocenters. The average molecular weight is 431 g/mol. The van der Waals surface area contributed by atoms with Gasteiger partial charge in [-0.2, -0.15) is 0 Å². The quantitative estimate of drug-likeness (QED) is 0.679. The maximum Gasteiger partial charge on any atom is 0.328 e. The fourth-order valence-electron chi connectivity index (χ4n) is 3.76. The lowest BCUT2D eigenvalue weighted by Gasteiger charge is -2.38. The molecule has 158 valence electrons. The molecule has 0 spiro atoms. The van der Waals surface area contributed by atoms with Gasteiger partial charge in [0.1, 0.15) is 6.04 Å². The molecule has 8 heteroatoms. The van der Waals surface area contributed by atoms with Crippen molar-refractivity contribution in [3.05, 3.63) is 58.6 Å². The Balaban J connectivity index is 1.45. The monoisotopic (exact) mass is 430 g/mol. The summed E-state index contributed by atoms with van der Waals surface area (Å²) < 4.78 is 16.0. The summed E-state index contributed by atoms with van der Waals surface area (Å²) in [5.41, 5.74) is 1.39. The van der Waals surface area contributed by atoms with E-state index >= 15 is 0 Å². The summed E-state index contributed by atoms with van der Waals surface area (Å²) >= 11 is 6.00. The Labute approximate surface area is 180 Å². The number of ether oxygens (including phenoxy) is 3. The van der Waals surface area contributed by atoms with Crippen LogP contribution in [0.25, 0.3) is 0 Å². The SMILES string of the molecule is CCOC(=O)C(c1ccc(Cl)cc1)N1CCN(C(=O)c2ccc3c(c2)OCO3)CC1. The van der Waals surface area contributed by atoms with Gasteiger partial charge in [0.05, 0.1) is 6.61 Å². The number of rotatable bonds is 5. The van der Waals surface area contributed by atoms with Crippen molar-refractivity contribution in [3.8, 4) is 11.5 Å². The Morgan fingerprint density at radius 2 is 1.73 bits per heavy atom. The van der Waals surface area contributed by atoms with Crippen molar-refractivity contribution < 1.29 is 23.8 Å². The lowest BCUT2D eigenvalue weighted by molar-refractivity contribution is -0.150. The Bertz CT molecular complexity index is 926. The molecule has 1 saturated heterocycles. The number of halogens is 1. The Hall–Kier alpha value is -2.77. The number of amides is 1.